The van der Waals surface area contributed by atoms with Crippen LogP contribution in [-0.2, 0) is 27.8 Å². The van der Waals surface area contributed by atoms with Gasteiger partial charge in [-0.2, -0.15) is 4.31 Å². The quantitative estimate of drug-likeness (QED) is 0.853. The van der Waals surface area contributed by atoms with Gasteiger partial charge in [0.15, 0.2) is 0 Å². The van der Waals surface area contributed by atoms with E-state index in [1.54, 1.807) is 6.07 Å². The van der Waals surface area contributed by atoms with Gasteiger partial charge in [-0.3, -0.25) is 4.79 Å². The molecule has 7 nitrogen and oxygen atoms in total. The zero-order chi connectivity index (χ0) is 18.9. The number of hydrogen-bond donors (Lipinski definition) is 2. The Balaban J connectivity index is 1.85. The third-order valence-electron chi connectivity index (χ3n) is 4.24. The summed E-state index contributed by atoms with van der Waals surface area (Å²) in [5, 5.41) is 11.7. The predicted molar refractivity (Wildman–Crippen MR) is 95.4 cm³/mol. The molecule has 0 bridgehead atoms. The van der Waals surface area contributed by atoms with Gasteiger partial charge in [0.1, 0.15) is 0 Å². The van der Waals surface area contributed by atoms with Gasteiger partial charge in [-0.25, -0.2) is 13.2 Å². The van der Waals surface area contributed by atoms with Crippen LogP contribution in [0.25, 0.3) is 0 Å². The predicted octanol–water partition coefficient (Wildman–Crippen LogP) is 2.09. The van der Waals surface area contributed by atoms with E-state index in [0.717, 1.165) is 5.56 Å². The standard InChI is InChI=1S/C18H18N2O5S/c1-12(21)19-16-4-6-17(7-5-16)26(24,25)20-9-8-13-2-3-14(18(22)23)10-15(13)11-20/h2-7,10H,8-9,11H2,1H3,(H,19,21)(H,22,23). The Morgan fingerprint density at radius 2 is 1.77 bits per heavy atom. The molecule has 2 aromatic carbocycles. The van der Waals surface area contributed by atoms with Crippen LogP contribution < -0.4 is 5.32 Å². The van der Waals surface area contributed by atoms with Crippen LogP contribution in [0.3, 0.4) is 0 Å². The van der Waals surface area contributed by atoms with Gasteiger partial charge in [-0.05, 0) is 53.9 Å². The van der Waals surface area contributed by atoms with Crippen molar-refractivity contribution in [3.63, 3.8) is 0 Å². The molecule has 1 aliphatic heterocycles. The van der Waals surface area contributed by atoms with E-state index in [1.165, 1.54) is 47.6 Å². The van der Waals surface area contributed by atoms with Crippen molar-refractivity contribution in [2.45, 2.75) is 24.8 Å². The highest BCUT2D eigenvalue weighted by Gasteiger charge is 2.28. The maximum absolute atomic E-state index is 12.9. The first-order valence-electron chi connectivity index (χ1n) is 8.00. The van der Waals surface area contributed by atoms with E-state index in [0.29, 0.717) is 24.2 Å². The Bertz CT molecular complexity index is 968. The van der Waals surface area contributed by atoms with Crippen LogP contribution in [0.4, 0.5) is 5.69 Å². The number of carboxylic acids is 1. The number of sulfonamides is 1. The average Bonchev–Trinajstić information content (AvgIpc) is 2.60. The van der Waals surface area contributed by atoms with Crippen LogP contribution in [0.2, 0.25) is 0 Å². The van der Waals surface area contributed by atoms with E-state index < -0.39 is 16.0 Å². The number of benzene rings is 2. The second-order valence-corrected chi connectivity index (χ2v) is 8.02. The van der Waals surface area contributed by atoms with Crippen molar-refractivity contribution in [3.8, 4) is 0 Å². The number of carbonyl (C=O) groups excluding carboxylic acids is 1. The molecule has 26 heavy (non-hydrogen) atoms. The van der Waals surface area contributed by atoms with Gasteiger partial charge in [0, 0.05) is 25.7 Å². The molecule has 2 N–H and O–H groups in total. The number of hydrogen-bond acceptors (Lipinski definition) is 4. The van der Waals surface area contributed by atoms with E-state index in [9.17, 15) is 18.0 Å². The fraction of sp³-hybridized carbons (Fsp3) is 0.222. The second-order valence-electron chi connectivity index (χ2n) is 6.08. The average molecular weight is 374 g/mol. The molecule has 0 radical (unpaired) electrons. The number of rotatable bonds is 4. The van der Waals surface area contributed by atoms with E-state index >= 15 is 0 Å². The molecular weight excluding hydrogens is 356 g/mol. The molecule has 0 saturated carbocycles. The summed E-state index contributed by atoms with van der Waals surface area (Å²) in [5.74, 6) is -1.27. The maximum atomic E-state index is 12.9. The van der Waals surface area contributed by atoms with Gasteiger partial charge in [-0.15, -0.1) is 0 Å². The van der Waals surface area contributed by atoms with Gasteiger partial charge in [-0.1, -0.05) is 6.07 Å². The first-order chi connectivity index (χ1) is 12.3. The SMILES string of the molecule is CC(=O)Nc1ccc(S(=O)(=O)N2CCc3ccc(C(=O)O)cc3C2)cc1. The summed E-state index contributed by atoms with van der Waals surface area (Å²) < 4.78 is 27.1. The lowest BCUT2D eigenvalue weighted by Gasteiger charge is -2.28. The lowest BCUT2D eigenvalue weighted by molar-refractivity contribution is -0.114. The van der Waals surface area contributed by atoms with Crippen molar-refractivity contribution in [2.75, 3.05) is 11.9 Å². The highest BCUT2D eigenvalue weighted by atomic mass is 32.2. The van der Waals surface area contributed by atoms with Crippen LogP contribution >= 0.6 is 0 Å². The number of amides is 1. The molecule has 0 spiro atoms. The van der Waals surface area contributed by atoms with E-state index in [1.807, 2.05) is 0 Å². The normalized spacial score (nSPS) is 14.5. The van der Waals surface area contributed by atoms with Crippen LogP contribution in [0.1, 0.15) is 28.4 Å². The lowest BCUT2D eigenvalue weighted by atomic mass is 9.99. The largest absolute Gasteiger partial charge is 0.478 e. The van der Waals surface area contributed by atoms with Gasteiger partial charge >= 0.3 is 5.97 Å². The first kappa shape index (κ1) is 18.1. The molecule has 0 aromatic heterocycles. The van der Waals surface area contributed by atoms with E-state index in [-0.39, 0.29) is 22.9 Å². The zero-order valence-corrected chi connectivity index (χ0v) is 14.9. The molecule has 1 amide bonds. The molecule has 136 valence electrons. The van der Waals surface area contributed by atoms with Crippen molar-refractivity contribution in [3.05, 3.63) is 59.2 Å². The van der Waals surface area contributed by atoms with Crippen molar-refractivity contribution in [2.24, 2.45) is 0 Å². The van der Waals surface area contributed by atoms with Crippen LogP contribution in [0.15, 0.2) is 47.4 Å². The smallest absolute Gasteiger partial charge is 0.335 e. The Kier molecular flexibility index (Phi) is 4.80. The Labute approximate surface area is 151 Å². The van der Waals surface area contributed by atoms with Crippen LogP contribution in [0.5, 0.6) is 0 Å². The van der Waals surface area contributed by atoms with Crippen molar-refractivity contribution >= 4 is 27.6 Å². The summed E-state index contributed by atoms with van der Waals surface area (Å²) in [6.07, 6.45) is 0.526. The number of anilines is 1. The van der Waals surface area contributed by atoms with E-state index in [2.05, 4.69) is 5.32 Å². The Hall–Kier alpha value is -2.71. The van der Waals surface area contributed by atoms with E-state index in [4.69, 9.17) is 5.11 Å². The van der Waals surface area contributed by atoms with Crippen molar-refractivity contribution in [1.82, 2.24) is 4.31 Å². The minimum Gasteiger partial charge on any atom is -0.478 e. The molecule has 0 aliphatic carbocycles. The molecule has 8 heteroatoms. The van der Waals surface area contributed by atoms with Gasteiger partial charge < -0.3 is 10.4 Å². The summed E-state index contributed by atoms with van der Waals surface area (Å²) in [6.45, 7) is 1.84. The molecule has 1 heterocycles. The van der Waals surface area contributed by atoms with Crippen molar-refractivity contribution < 1.29 is 23.1 Å². The van der Waals surface area contributed by atoms with Gasteiger partial charge in [0.25, 0.3) is 0 Å². The fourth-order valence-electron chi connectivity index (χ4n) is 2.93. The Morgan fingerprint density at radius 1 is 1.08 bits per heavy atom. The molecule has 1 aliphatic rings. The molecule has 0 unspecified atom stereocenters. The highest BCUT2D eigenvalue weighted by Crippen LogP contribution is 2.26. The maximum Gasteiger partial charge on any atom is 0.335 e. The number of nitrogens with one attached hydrogen (secondary N) is 1. The summed E-state index contributed by atoms with van der Waals surface area (Å²) in [4.78, 5) is 22.3. The van der Waals surface area contributed by atoms with Crippen LogP contribution in [-0.4, -0.2) is 36.3 Å². The molecule has 0 fully saturated rings. The number of aromatic carboxylic acids is 1. The first-order valence-corrected chi connectivity index (χ1v) is 9.44. The number of fused-ring (bicyclic) bond motifs is 1. The third kappa shape index (κ3) is 3.61. The molecule has 2 aromatic rings. The summed E-state index contributed by atoms with van der Waals surface area (Å²) >= 11 is 0. The summed E-state index contributed by atoms with van der Waals surface area (Å²) in [5.41, 5.74) is 2.33. The molecule has 3 rings (SSSR count). The monoisotopic (exact) mass is 374 g/mol. The summed E-state index contributed by atoms with van der Waals surface area (Å²) in [7, 11) is -3.71. The number of carboxylic acid groups (broad SMARTS) is 1. The number of nitrogens with zero attached hydrogens (tertiary/aromatic N) is 1. The lowest BCUT2D eigenvalue weighted by Crippen LogP contribution is -2.36. The minimum atomic E-state index is -3.71. The molecule has 0 saturated heterocycles. The topological polar surface area (TPSA) is 104 Å². The zero-order valence-electron chi connectivity index (χ0n) is 14.1. The minimum absolute atomic E-state index is 0.129. The molecular formula is C18H18N2O5S. The van der Waals surface area contributed by atoms with Gasteiger partial charge in [0.2, 0.25) is 15.9 Å². The Morgan fingerprint density at radius 3 is 2.38 bits per heavy atom. The van der Waals surface area contributed by atoms with Crippen LogP contribution in [0, 0.1) is 0 Å². The second kappa shape index (κ2) is 6.89. The fourth-order valence-corrected chi connectivity index (χ4v) is 4.35. The van der Waals surface area contributed by atoms with Crippen molar-refractivity contribution in [1.29, 1.82) is 0 Å². The third-order valence-corrected chi connectivity index (χ3v) is 6.10. The number of carbonyl (C=O) groups is 2. The molecule has 0 atom stereocenters. The van der Waals surface area contributed by atoms with Gasteiger partial charge in [0.05, 0.1) is 10.5 Å². The summed E-state index contributed by atoms with van der Waals surface area (Å²) in [6, 6.07) is 10.8. The highest BCUT2D eigenvalue weighted by molar-refractivity contribution is 7.89.